The maximum Gasteiger partial charge on any atom is 0.410 e. The number of piperazine rings is 3. The molecule has 0 bridgehead atoms. The van der Waals surface area contributed by atoms with Crippen molar-refractivity contribution in [2.45, 2.75) is 76.2 Å². The number of sulfonamides is 1. The molecule has 3 saturated heterocycles. The number of fused-ring (bicyclic) bond motifs is 6. The van der Waals surface area contributed by atoms with Gasteiger partial charge in [0.1, 0.15) is 18.1 Å². The van der Waals surface area contributed by atoms with Gasteiger partial charge in [0.25, 0.3) is 0 Å². The molecular formula is C78H83Cl3N24O6S. The highest BCUT2D eigenvalue weighted by atomic mass is 35.5. The SMILES string of the molecule is CC(C)OC(=O)N1CCN([C@H]2c3ccc(Cl)cc3C(C(N=[N+]=[N-])c3cncn3C)=Cc3cccnc32)CC1.CC(C)OC(=O)N1CCN([C@H]2c3ccc(Cl)cc3C(C(N=[N+]=[N-])c3cncn3C)=Cc3cccnc32)CC1.Cn1cncc1C(N=[N+]=[N-])C1=Cc2cccnc2[C@@H](N2CCN(S(C)(=O)=O)CC2)c2ccc(Cl)cc21. The molecule has 3 unspecified atom stereocenters. The third-order valence-corrected chi connectivity index (χ3v) is 22.6. The van der Waals surface area contributed by atoms with E-state index in [4.69, 9.17) is 59.2 Å². The summed E-state index contributed by atoms with van der Waals surface area (Å²) in [4.78, 5) is 72.1. The smallest absolute Gasteiger partial charge is 0.410 e. The molecule has 6 atom stereocenters. The predicted octanol–water partition coefficient (Wildman–Crippen LogP) is 15.3. The molecule has 6 aliphatic rings. The van der Waals surface area contributed by atoms with E-state index in [1.807, 2.05) is 172 Å². The molecule has 15 rings (SSSR count). The van der Waals surface area contributed by atoms with Crippen LogP contribution in [0.2, 0.25) is 15.1 Å². The highest BCUT2D eigenvalue weighted by Crippen LogP contribution is 2.50. The Morgan fingerprint density at radius 1 is 0.464 bits per heavy atom. The van der Waals surface area contributed by atoms with Gasteiger partial charge in [0.2, 0.25) is 10.0 Å². The quantitative estimate of drug-likeness (QED) is 0.0523. The molecule has 0 radical (unpaired) electrons. The van der Waals surface area contributed by atoms with Crippen molar-refractivity contribution in [2.24, 2.45) is 36.5 Å². The van der Waals surface area contributed by atoms with Crippen LogP contribution in [0.1, 0.15) is 148 Å². The summed E-state index contributed by atoms with van der Waals surface area (Å²) >= 11 is 19.6. The maximum atomic E-state index is 12.5. The molecule has 30 nitrogen and oxygen atoms in total. The second-order valence-electron chi connectivity index (χ2n) is 28.4. The minimum Gasteiger partial charge on any atom is -0.447 e. The summed E-state index contributed by atoms with van der Waals surface area (Å²) in [5.74, 6) is 0. The summed E-state index contributed by atoms with van der Waals surface area (Å²) in [7, 11) is 2.35. The number of aryl methyl sites for hydroxylation is 3. The third kappa shape index (κ3) is 17.1. The first-order valence-electron chi connectivity index (χ1n) is 36.5. The van der Waals surface area contributed by atoms with E-state index in [1.54, 1.807) is 66.0 Å². The number of aromatic nitrogens is 9. The molecule has 6 aromatic heterocycles. The lowest BCUT2D eigenvalue weighted by atomic mass is 9.90. The summed E-state index contributed by atoms with van der Waals surface area (Å²) in [6.07, 6.45) is 22.0. The van der Waals surface area contributed by atoms with Crippen LogP contribution >= 0.6 is 34.8 Å². The Morgan fingerprint density at radius 3 is 1.02 bits per heavy atom. The first-order chi connectivity index (χ1) is 54.0. The van der Waals surface area contributed by atoms with Gasteiger partial charge in [-0.3, -0.25) is 29.7 Å². The van der Waals surface area contributed by atoms with Crippen LogP contribution in [0.3, 0.4) is 0 Å². The number of halogens is 3. The predicted molar refractivity (Wildman–Crippen MR) is 429 cm³/mol. The van der Waals surface area contributed by atoms with E-state index >= 15 is 0 Å². The van der Waals surface area contributed by atoms with E-state index in [0.29, 0.717) is 93.6 Å². The van der Waals surface area contributed by atoms with E-state index in [1.165, 1.54) is 10.6 Å². The summed E-state index contributed by atoms with van der Waals surface area (Å²) in [5, 5.41) is 14.3. The molecule has 578 valence electrons. The summed E-state index contributed by atoms with van der Waals surface area (Å²) in [6.45, 7) is 14.1. The van der Waals surface area contributed by atoms with Crippen LogP contribution < -0.4 is 0 Å². The van der Waals surface area contributed by atoms with Gasteiger partial charge in [-0.2, -0.15) is 4.31 Å². The number of rotatable bonds is 15. The second kappa shape index (κ2) is 34.8. The normalized spacial score (nSPS) is 18.5. The lowest BCUT2D eigenvalue weighted by Crippen LogP contribution is -2.50. The first-order valence-corrected chi connectivity index (χ1v) is 39.5. The van der Waals surface area contributed by atoms with Crippen molar-refractivity contribution in [1.82, 2.24) is 72.4 Å². The Bertz CT molecular complexity index is 5150. The number of benzene rings is 3. The molecule has 0 spiro atoms. The van der Waals surface area contributed by atoms with Crippen LogP contribution in [0.5, 0.6) is 0 Å². The number of hydrogen-bond acceptors (Lipinski definition) is 18. The lowest BCUT2D eigenvalue weighted by Gasteiger charge is -2.39. The van der Waals surface area contributed by atoms with Gasteiger partial charge in [-0.05, 0) is 184 Å². The summed E-state index contributed by atoms with van der Waals surface area (Å²) in [6, 6.07) is 26.6. The molecule has 3 aliphatic heterocycles. The van der Waals surface area contributed by atoms with E-state index < -0.39 is 28.1 Å². The number of nitrogens with zero attached hydrogens (tertiary/aromatic N) is 24. The average Bonchev–Trinajstić information content (AvgIpc) is 1.60. The topological polar surface area (TPSA) is 345 Å². The zero-order chi connectivity index (χ0) is 79.1. The fourth-order valence-corrected chi connectivity index (χ4v) is 16.8. The average molecular weight is 1590 g/mol. The Balaban J connectivity index is 0.000000147. The van der Waals surface area contributed by atoms with Crippen molar-refractivity contribution in [1.29, 1.82) is 0 Å². The third-order valence-electron chi connectivity index (χ3n) is 20.6. The van der Waals surface area contributed by atoms with Crippen LogP contribution in [0, 0.1) is 0 Å². The van der Waals surface area contributed by atoms with Crippen LogP contribution in [0.25, 0.3) is 66.3 Å². The Hall–Kier alpha value is -10.9. The van der Waals surface area contributed by atoms with E-state index in [0.717, 1.165) is 101 Å². The zero-order valence-electron chi connectivity index (χ0n) is 62.9. The van der Waals surface area contributed by atoms with Crippen LogP contribution in [-0.4, -0.2) is 190 Å². The molecule has 34 heteroatoms. The number of amides is 2. The number of pyridine rings is 3. The van der Waals surface area contributed by atoms with Crippen molar-refractivity contribution < 1.29 is 27.5 Å². The molecule has 9 aromatic rings. The van der Waals surface area contributed by atoms with Crippen LogP contribution in [-0.2, 0) is 40.6 Å². The number of carbonyl (C=O) groups excluding carboxylic acids is 2. The number of ether oxygens (including phenoxy) is 2. The summed E-state index contributed by atoms with van der Waals surface area (Å²) in [5.41, 5.74) is 44.3. The first kappa shape index (κ1) is 79.2. The molecule has 3 fully saturated rings. The Labute approximate surface area is 663 Å². The van der Waals surface area contributed by atoms with Gasteiger partial charge in [0, 0.05) is 167 Å². The highest BCUT2D eigenvalue weighted by molar-refractivity contribution is 7.88. The van der Waals surface area contributed by atoms with Gasteiger partial charge in [-0.15, -0.1) is 0 Å². The van der Waals surface area contributed by atoms with Crippen LogP contribution in [0.4, 0.5) is 9.59 Å². The van der Waals surface area contributed by atoms with Crippen LogP contribution in [0.15, 0.2) is 163 Å². The highest BCUT2D eigenvalue weighted by Gasteiger charge is 2.41. The van der Waals surface area contributed by atoms with Gasteiger partial charge in [0.05, 0.1) is 89.7 Å². The standard InChI is InChI=1S/2C27H29ClN8O2.C24H25ClN8O2S/c2*1-17(2)38-27(37)36-11-9-35(10-12-36)26-20-7-6-19(28)14-21(20)22(13-18-5-4-8-31-24(18)26)25(32-33-29)23-15-30-16-34(23)3;1-31-15-27-14-21(31)23(29-30-26)20-12-16-4-3-7-28-22(16)24(18-6-5-17(25)13-19(18)20)32-8-10-33(11-9-32)36(2,34)35/h2*4-8,13-17,25-26H,9-12H2,1-3H3;3-7,12-15,23-24H,8-11H2,1-2H3/t2*25?,26-;23?,24-/m000/s1. The number of hydrogen-bond donors (Lipinski definition) is 0. The molecule has 0 N–H and O–H groups in total. The molecule has 2 amide bonds. The van der Waals surface area contributed by atoms with Crippen molar-refractivity contribution in [2.75, 3.05) is 84.8 Å². The van der Waals surface area contributed by atoms with Gasteiger partial charge in [-0.25, -0.2) is 33.0 Å². The monoisotopic (exact) mass is 1590 g/mol. The Morgan fingerprint density at radius 2 is 0.759 bits per heavy atom. The molecule has 3 aromatic carbocycles. The van der Waals surface area contributed by atoms with E-state index in [-0.39, 0.29) is 42.5 Å². The minimum atomic E-state index is -3.26. The molecule has 9 heterocycles. The number of azide groups is 3. The van der Waals surface area contributed by atoms with E-state index in [9.17, 15) is 34.6 Å². The molecule has 0 saturated carbocycles. The van der Waals surface area contributed by atoms with Gasteiger partial charge < -0.3 is 33.0 Å². The molecule has 3 aliphatic carbocycles. The largest absolute Gasteiger partial charge is 0.447 e. The second-order valence-corrected chi connectivity index (χ2v) is 31.6. The van der Waals surface area contributed by atoms with Crippen molar-refractivity contribution in [3.8, 4) is 0 Å². The molecular weight excluding hydrogens is 1510 g/mol. The summed E-state index contributed by atoms with van der Waals surface area (Å²) < 4.78 is 42.1. The number of imidazole rings is 3. The lowest BCUT2D eigenvalue weighted by molar-refractivity contribution is 0.0506. The zero-order valence-corrected chi connectivity index (χ0v) is 66.0. The van der Waals surface area contributed by atoms with Gasteiger partial charge >= 0.3 is 12.2 Å². The fraction of sp³-hybridized carbons (Fsp3) is 0.359. The van der Waals surface area contributed by atoms with E-state index in [2.05, 4.69) is 59.7 Å². The minimum absolute atomic E-state index is 0.164. The maximum absolute atomic E-state index is 12.5. The van der Waals surface area contributed by atoms with Crippen molar-refractivity contribution >= 4 is 92.0 Å². The van der Waals surface area contributed by atoms with Gasteiger partial charge in [0.15, 0.2) is 0 Å². The van der Waals surface area contributed by atoms with Gasteiger partial charge in [-0.1, -0.05) is 86.5 Å². The van der Waals surface area contributed by atoms with Crippen molar-refractivity contribution in [3.05, 3.63) is 278 Å². The number of carbonyl (C=O) groups is 2. The fourth-order valence-electron chi connectivity index (χ4n) is 15.4. The Kier molecular flexibility index (Phi) is 24.6. The van der Waals surface area contributed by atoms with Crippen molar-refractivity contribution in [3.63, 3.8) is 0 Å². The molecule has 112 heavy (non-hydrogen) atoms.